The second kappa shape index (κ2) is 7.99. The zero-order valence-electron chi connectivity index (χ0n) is 14.9. The molecule has 27 heavy (non-hydrogen) atoms. The monoisotopic (exact) mass is 369 g/mol. The van der Waals surface area contributed by atoms with Crippen LogP contribution in [0.3, 0.4) is 0 Å². The minimum Gasteiger partial charge on any atom is -0.326 e. The van der Waals surface area contributed by atoms with E-state index in [1.165, 1.54) is 12.1 Å². The lowest BCUT2D eigenvalue weighted by atomic mass is 10.1. The van der Waals surface area contributed by atoms with Gasteiger partial charge in [0, 0.05) is 5.69 Å². The van der Waals surface area contributed by atoms with Crippen molar-refractivity contribution in [3.8, 4) is 0 Å². The Balaban J connectivity index is 1.56. The molecule has 1 aliphatic heterocycles. The highest BCUT2D eigenvalue weighted by Gasteiger charge is 2.38. The van der Waals surface area contributed by atoms with Crippen molar-refractivity contribution in [1.29, 1.82) is 0 Å². The summed E-state index contributed by atoms with van der Waals surface area (Å²) in [5.74, 6) is -1.43. The highest BCUT2D eigenvalue weighted by molar-refractivity contribution is 6.07. The number of hydrogen-bond donors (Lipinski definition) is 2. The van der Waals surface area contributed by atoms with Gasteiger partial charge >= 0.3 is 6.03 Å². The molecule has 2 aromatic rings. The van der Waals surface area contributed by atoms with Crippen molar-refractivity contribution in [1.82, 2.24) is 10.2 Å². The summed E-state index contributed by atoms with van der Waals surface area (Å²) in [6, 6.07) is 12.7. The van der Waals surface area contributed by atoms with Gasteiger partial charge in [0.25, 0.3) is 5.91 Å². The van der Waals surface area contributed by atoms with Crippen molar-refractivity contribution in [2.75, 3.05) is 11.9 Å². The van der Waals surface area contributed by atoms with Crippen LogP contribution >= 0.6 is 0 Å². The summed E-state index contributed by atoms with van der Waals surface area (Å²) < 4.78 is 13.6. The van der Waals surface area contributed by atoms with Gasteiger partial charge in [0.1, 0.15) is 18.4 Å². The summed E-state index contributed by atoms with van der Waals surface area (Å²) >= 11 is 0. The Morgan fingerprint density at radius 3 is 2.63 bits per heavy atom. The third-order valence-electron chi connectivity index (χ3n) is 4.43. The maximum atomic E-state index is 13.6. The van der Waals surface area contributed by atoms with Crippen LogP contribution in [0.25, 0.3) is 0 Å². The molecule has 1 saturated heterocycles. The number of carbonyl (C=O) groups excluding carboxylic acids is 3. The quantitative estimate of drug-likeness (QED) is 0.769. The molecule has 4 amide bonds. The number of imide groups is 1. The number of benzene rings is 2. The fourth-order valence-corrected chi connectivity index (χ4v) is 2.89. The molecule has 1 fully saturated rings. The van der Waals surface area contributed by atoms with E-state index in [0.717, 1.165) is 10.5 Å². The second-order valence-corrected chi connectivity index (χ2v) is 6.46. The molecule has 6 nitrogen and oxygen atoms in total. The first-order valence-corrected chi connectivity index (χ1v) is 8.66. The number of anilines is 1. The van der Waals surface area contributed by atoms with Gasteiger partial charge in [-0.05, 0) is 43.0 Å². The van der Waals surface area contributed by atoms with Crippen LogP contribution in [0.5, 0.6) is 0 Å². The maximum absolute atomic E-state index is 13.6. The van der Waals surface area contributed by atoms with E-state index in [2.05, 4.69) is 10.6 Å². The van der Waals surface area contributed by atoms with E-state index in [-0.39, 0.29) is 5.69 Å². The molecule has 1 aliphatic rings. The fourth-order valence-electron chi connectivity index (χ4n) is 2.89. The van der Waals surface area contributed by atoms with Gasteiger partial charge in [-0.15, -0.1) is 0 Å². The molecule has 140 valence electrons. The molecule has 2 N–H and O–H groups in total. The van der Waals surface area contributed by atoms with Crippen LogP contribution in [0.4, 0.5) is 14.9 Å². The SMILES string of the molecule is Cc1ccc(NC(=O)CN2C(=O)NC(CCc3ccccc3)C2=O)cc1F. The lowest BCUT2D eigenvalue weighted by Gasteiger charge is -2.13. The molecular formula is C20H20FN3O3. The van der Waals surface area contributed by atoms with Crippen LogP contribution in [-0.2, 0) is 16.0 Å². The molecule has 1 heterocycles. The van der Waals surface area contributed by atoms with E-state index < -0.39 is 36.2 Å². The van der Waals surface area contributed by atoms with Gasteiger partial charge in [0.2, 0.25) is 5.91 Å². The molecule has 3 rings (SSSR count). The van der Waals surface area contributed by atoms with Gasteiger partial charge in [-0.25, -0.2) is 9.18 Å². The van der Waals surface area contributed by atoms with Gasteiger partial charge in [-0.1, -0.05) is 36.4 Å². The summed E-state index contributed by atoms with van der Waals surface area (Å²) in [7, 11) is 0. The molecule has 7 heteroatoms. The average molecular weight is 369 g/mol. The number of nitrogens with one attached hydrogen (secondary N) is 2. The average Bonchev–Trinajstić information content (AvgIpc) is 2.91. The van der Waals surface area contributed by atoms with Crippen molar-refractivity contribution in [2.45, 2.75) is 25.8 Å². The number of hydrogen-bond acceptors (Lipinski definition) is 3. The van der Waals surface area contributed by atoms with E-state index >= 15 is 0 Å². The summed E-state index contributed by atoms with van der Waals surface area (Å²) in [5.41, 5.74) is 1.80. The highest BCUT2D eigenvalue weighted by atomic mass is 19.1. The Bertz CT molecular complexity index is 870. The smallest absolute Gasteiger partial charge is 0.325 e. The molecule has 1 atom stereocenters. The first-order valence-electron chi connectivity index (χ1n) is 8.66. The Labute approximate surface area is 156 Å². The van der Waals surface area contributed by atoms with Crippen molar-refractivity contribution in [3.63, 3.8) is 0 Å². The molecule has 0 radical (unpaired) electrons. The lowest BCUT2D eigenvalue weighted by Crippen LogP contribution is -2.38. The van der Waals surface area contributed by atoms with Crippen molar-refractivity contribution in [3.05, 3.63) is 65.5 Å². The zero-order valence-corrected chi connectivity index (χ0v) is 14.9. The standard InChI is InChI=1S/C20H20FN3O3/c1-13-7-9-15(11-16(13)21)22-18(25)12-24-19(26)17(23-20(24)27)10-8-14-5-3-2-4-6-14/h2-7,9,11,17H,8,10,12H2,1H3,(H,22,25)(H,23,27). The third kappa shape index (κ3) is 4.49. The van der Waals surface area contributed by atoms with E-state index in [9.17, 15) is 18.8 Å². The highest BCUT2D eigenvalue weighted by Crippen LogP contribution is 2.15. The predicted octanol–water partition coefficient (Wildman–Crippen LogP) is 2.63. The normalized spacial score (nSPS) is 16.4. The fraction of sp³-hybridized carbons (Fsp3) is 0.250. The van der Waals surface area contributed by atoms with Crippen LogP contribution < -0.4 is 10.6 Å². The minimum absolute atomic E-state index is 0.274. The predicted molar refractivity (Wildman–Crippen MR) is 98.6 cm³/mol. The minimum atomic E-state index is -0.651. The van der Waals surface area contributed by atoms with Gasteiger partial charge in [-0.3, -0.25) is 14.5 Å². The van der Waals surface area contributed by atoms with Gasteiger partial charge < -0.3 is 10.6 Å². The molecule has 1 unspecified atom stereocenters. The van der Waals surface area contributed by atoms with Gasteiger partial charge in [-0.2, -0.15) is 0 Å². The summed E-state index contributed by atoms with van der Waals surface area (Å²) in [6.45, 7) is 1.20. The first-order chi connectivity index (χ1) is 12.9. The van der Waals surface area contributed by atoms with Crippen LogP contribution in [0.1, 0.15) is 17.5 Å². The van der Waals surface area contributed by atoms with E-state index in [1.807, 2.05) is 30.3 Å². The number of rotatable bonds is 6. The molecule has 0 aromatic heterocycles. The van der Waals surface area contributed by atoms with E-state index in [4.69, 9.17) is 0 Å². The van der Waals surface area contributed by atoms with Crippen LogP contribution in [0, 0.1) is 12.7 Å². The number of aryl methyl sites for hydroxylation is 2. The Morgan fingerprint density at radius 2 is 1.93 bits per heavy atom. The Kier molecular flexibility index (Phi) is 5.49. The number of amides is 4. The van der Waals surface area contributed by atoms with E-state index in [1.54, 1.807) is 13.0 Å². The summed E-state index contributed by atoms with van der Waals surface area (Å²) in [4.78, 5) is 37.5. The van der Waals surface area contributed by atoms with E-state index in [0.29, 0.717) is 18.4 Å². The number of carbonyl (C=O) groups is 3. The molecule has 2 aromatic carbocycles. The lowest BCUT2D eigenvalue weighted by molar-refractivity contribution is -0.130. The van der Waals surface area contributed by atoms with Crippen LogP contribution in [-0.4, -0.2) is 35.3 Å². The second-order valence-electron chi connectivity index (χ2n) is 6.46. The van der Waals surface area contributed by atoms with Crippen molar-refractivity contribution < 1.29 is 18.8 Å². The Morgan fingerprint density at radius 1 is 1.19 bits per heavy atom. The summed E-state index contributed by atoms with van der Waals surface area (Å²) in [5, 5.41) is 5.11. The third-order valence-corrected chi connectivity index (χ3v) is 4.43. The molecule has 0 spiro atoms. The number of nitrogens with zero attached hydrogens (tertiary/aromatic N) is 1. The maximum Gasteiger partial charge on any atom is 0.325 e. The van der Waals surface area contributed by atoms with Crippen molar-refractivity contribution in [2.24, 2.45) is 0 Å². The van der Waals surface area contributed by atoms with Gasteiger partial charge in [0.05, 0.1) is 0 Å². The van der Waals surface area contributed by atoms with Gasteiger partial charge in [0.15, 0.2) is 0 Å². The van der Waals surface area contributed by atoms with Crippen molar-refractivity contribution >= 4 is 23.5 Å². The number of urea groups is 1. The first kappa shape index (κ1) is 18.6. The summed E-state index contributed by atoms with van der Waals surface area (Å²) in [6.07, 6.45) is 1.09. The molecule has 0 saturated carbocycles. The molecular weight excluding hydrogens is 349 g/mol. The zero-order chi connectivity index (χ0) is 19.4. The largest absolute Gasteiger partial charge is 0.326 e. The molecule has 0 aliphatic carbocycles. The van der Waals surface area contributed by atoms with Crippen LogP contribution in [0.2, 0.25) is 0 Å². The number of halogens is 1. The Hall–Kier alpha value is -3.22. The topological polar surface area (TPSA) is 78.5 Å². The van der Waals surface area contributed by atoms with Crippen LogP contribution in [0.15, 0.2) is 48.5 Å². The molecule has 0 bridgehead atoms.